The third kappa shape index (κ3) is 5.92. The predicted octanol–water partition coefficient (Wildman–Crippen LogP) is 3.38. The van der Waals surface area contributed by atoms with Crippen LogP contribution in [-0.4, -0.2) is 42.4 Å². The van der Waals surface area contributed by atoms with Crippen molar-refractivity contribution in [1.29, 1.82) is 0 Å². The molecule has 0 atom stereocenters. The molecule has 0 saturated carbocycles. The minimum atomic E-state index is -0.274. The Kier molecular flexibility index (Phi) is 8.39. The Bertz CT molecular complexity index is 270. The van der Waals surface area contributed by atoms with Crippen LogP contribution in [0.3, 0.4) is 0 Å². The summed E-state index contributed by atoms with van der Waals surface area (Å²) in [7, 11) is 0. The van der Waals surface area contributed by atoms with Crippen LogP contribution < -0.4 is 5.32 Å². The molecular formula is C17H34N2O. The molecule has 0 aromatic heterocycles. The van der Waals surface area contributed by atoms with Gasteiger partial charge in [-0.3, -0.25) is 9.69 Å². The van der Waals surface area contributed by atoms with Crippen LogP contribution in [-0.2, 0) is 4.79 Å². The third-order valence-corrected chi connectivity index (χ3v) is 4.60. The first-order valence-electron chi connectivity index (χ1n) is 8.58. The molecule has 1 fully saturated rings. The monoisotopic (exact) mass is 282 g/mol. The van der Waals surface area contributed by atoms with Gasteiger partial charge in [0.05, 0.1) is 5.54 Å². The van der Waals surface area contributed by atoms with Gasteiger partial charge in [-0.2, -0.15) is 0 Å². The Morgan fingerprint density at radius 2 is 1.55 bits per heavy atom. The fourth-order valence-corrected chi connectivity index (χ4v) is 2.95. The van der Waals surface area contributed by atoms with Gasteiger partial charge >= 0.3 is 0 Å². The highest BCUT2D eigenvalue weighted by Crippen LogP contribution is 2.20. The van der Waals surface area contributed by atoms with E-state index in [4.69, 9.17) is 0 Å². The quantitative estimate of drug-likeness (QED) is 0.623. The number of hydrogen-bond acceptors (Lipinski definition) is 3. The number of carbonyl (C=O) groups is 1. The van der Waals surface area contributed by atoms with Gasteiger partial charge in [0.2, 0.25) is 0 Å². The molecule has 20 heavy (non-hydrogen) atoms. The molecule has 3 heteroatoms. The van der Waals surface area contributed by atoms with Crippen molar-refractivity contribution in [2.45, 2.75) is 77.7 Å². The van der Waals surface area contributed by atoms with Gasteiger partial charge in [-0.05, 0) is 20.3 Å². The molecule has 0 unspecified atom stereocenters. The molecule has 1 aliphatic heterocycles. The summed E-state index contributed by atoms with van der Waals surface area (Å²) in [5.74, 6) is 0.424. The van der Waals surface area contributed by atoms with Crippen LogP contribution in [0.15, 0.2) is 0 Å². The average Bonchev–Trinajstić information content (AvgIpc) is 2.47. The smallest absolute Gasteiger partial charge is 0.152 e. The number of Topliss-reactive ketones (excluding diaryl/α,β-unsaturated/α-hetero) is 1. The SMILES string of the molecule is CCCCCCCCCC(=O)C(C)(C)N1CCNCC1. The number of hydrogen-bond donors (Lipinski definition) is 1. The second kappa shape index (κ2) is 9.51. The molecule has 0 spiro atoms. The summed E-state index contributed by atoms with van der Waals surface area (Å²) < 4.78 is 0. The van der Waals surface area contributed by atoms with Crippen molar-refractivity contribution < 1.29 is 4.79 Å². The van der Waals surface area contributed by atoms with Crippen molar-refractivity contribution in [3.05, 3.63) is 0 Å². The number of nitrogens with one attached hydrogen (secondary N) is 1. The second-order valence-corrected chi connectivity index (χ2v) is 6.59. The fraction of sp³-hybridized carbons (Fsp3) is 0.941. The predicted molar refractivity (Wildman–Crippen MR) is 86.1 cm³/mol. The largest absolute Gasteiger partial charge is 0.314 e. The van der Waals surface area contributed by atoms with Crippen LogP contribution in [0.1, 0.15) is 72.1 Å². The first kappa shape index (κ1) is 17.6. The molecule has 3 nitrogen and oxygen atoms in total. The number of piperazine rings is 1. The van der Waals surface area contributed by atoms with Crippen molar-refractivity contribution in [1.82, 2.24) is 10.2 Å². The van der Waals surface area contributed by atoms with Gasteiger partial charge in [-0.25, -0.2) is 0 Å². The van der Waals surface area contributed by atoms with Crippen LogP contribution in [0.4, 0.5) is 0 Å². The summed E-state index contributed by atoms with van der Waals surface area (Å²) in [5, 5.41) is 3.35. The molecule has 1 N–H and O–H groups in total. The van der Waals surface area contributed by atoms with E-state index in [1.54, 1.807) is 0 Å². The van der Waals surface area contributed by atoms with E-state index in [-0.39, 0.29) is 5.54 Å². The lowest BCUT2D eigenvalue weighted by molar-refractivity contribution is -0.130. The third-order valence-electron chi connectivity index (χ3n) is 4.60. The van der Waals surface area contributed by atoms with Gasteiger partial charge in [0.15, 0.2) is 5.78 Å². The number of nitrogens with zero attached hydrogens (tertiary/aromatic N) is 1. The normalized spacial score (nSPS) is 17.4. The van der Waals surface area contributed by atoms with Crippen molar-refractivity contribution in [2.75, 3.05) is 26.2 Å². The highest BCUT2D eigenvalue weighted by molar-refractivity contribution is 5.87. The molecule has 0 aromatic rings. The molecule has 0 bridgehead atoms. The van der Waals surface area contributed by atoms with Crippen LogP contribution in [0.5, 0.6) is 0 Å². The maximum absolute atomic E-state index is 12.4. The molecule has 1 aliphatic rings. The zero-order valence-electron chi connectivity index (χ0n) is 13.8. The summed E-state index contributed by atoms with van der Waals surface area (Å²) >= 11 is 0. The first-order chi connectivity index (χ1) is 9.59. The van der Waals surface area contributed by atoms with E-state index in [0.717, 1.165) is 39.0 Å². The summed E-state index contributed by atoms with van der Waals surface area (Å²) in [4.78, 5) is 14.8. The average molecular weight is 282 g/mol. The fourth-order valence-electron chi connectivity index (χ4n) is 2.95. The highest BCUT2D eigenvalue weighted by atomic mass is 16.1. The van der Waals surface area contributed by atoms with Crippen LogP contribution in [0.2, 0.25) is 0 Å². The van der Waals surface area contributed by atoms with E-state index in [1.807, 2.05) is 0 Å². The van der Waals surface area contributed by atoms with Crippen molar-refractivity contribution in [3.8, 4) is 0 Å². The molecule has 0 aromatic carbocycles. The van der Waals surface area contributed by atoms with E-state index in [9.17, 15) is 4.79 Å². The molecular weight excluding hydrogens is 248 g/mol. The number of unbranched alkanes of at least 4 members (excludes halogenated alkanes) is 6. The Morgan fingerprint density at radius 3 is 2.15 bits per heavy atom. The highest BCUT2D eigenvalue weighted by Gasteiger charge is 2.33. The minimum Gasteiger partial charge on any atom is -0.314 e. The van der Waals surface area contributed by atoms with Crippen molar-refractivity contribution in [3.63, 3.8) is 0 Å². The zero-order chi connectivity index (χ0) is 14.8. The maximum atomic E-state index is 12.4. The maximum Gasteiger partial charge on any atom is 0.152 e. The van der Waals surface area contributed by atoms with Crippen LogP contribution in [0.25, 0.3) is 0 Å². The molecule has 118 valence electrons. The number of ketones is 1. The minimum absolute atomic E-state index is 0.274. The molecule has 0 amide bonds. The first-order valence-corrected chi connectivity index (χ1v) is 8.58. The molecule has 0 aliphatic carbocycles. The van der Waals surface area contributed by atoms with Gasteiger partial charge in [-0.15, -0.1) is 0 Å². The van der Waals surface area contributed by atoms with Gasteiger partial charge in [0.1, 0.15) is 0 Å². The lowest BCUT2D eigenvalue weighted by atomic mass is 9.91. The van der Waals surface area contributed by atoms with Crippen molar-refractivity contribution in [2.24, 2.45) is 0 Å². The Morgan fingerprint density at radius 1 is 1.00 bits per heavy atom. The van der Waals surface area contributed by atoms with E-state index in [0.29, 0.717) is 5.78 Å². The standard InChI is InChI=1S/C17H34N2O/c1-4-5-6-7-8-9-10-11-16(20)17(2,3)19-14-12-18-13-15-19/h18H,4-15H2,1-3H3. The van der Waals surface area contributed by atoms with Crippen LogP contribution >= 0.6 is 0 Å². The van der Waals surface area contributed by atoms with E-state index >= 15 is 0 Å². The van der Waals surface area contributed by atoms with Gasteiger partial charge in [0.25, 0.3) is 0 Å². The van der Waals surface area contributed by atoms with E-state index in [1.165, 1.54) is 38.5 Å². The molecule has 1 heterocycles. The lowest BCUT2D eigenvalue weighted by Gasteiger charge is -2.40. The van der Waals surface area contributed by atoms with Crippen molar-refractivity contribution >= 4 is 5.78 Å². The Labute approximate surface area is 125 Å². The topological polar surface area (TPSA) is 32.3 Å². The summed E-state index contributed by atoms with van der Waals surface area (Å²) in [6.07, 6.45) is 9.69. The van der Waals surface area contributed by atoms with Gasteiger partial charge in [0, 0.05) is 32.6 Å². The molecule has 1 rings (SSSR count). The van der Waals surface area contributed by atoms with E-state index < -0.39 is 0 Å². The second-order valence-electron chi connectivity index (χ2n) is 6.59. The number of rotatable bonds is 10. The van der Waals surface area contributed by atoms with Gasteiger partial charge in [-0.1, -0.05) is 45.4 Å². The number of carbonyl (C=O) groups excluding carboxylic acids is 1. The van der Waals surface area contributed by atoms with Crippen LogP contribution in [0, 0.1) is 0 Å². The Balaban J connectivity index is 2.17. The summed E-state index contributed by atoms with van der Waals surface area (Å²) in [5.41, 5.74) is -0.274. The summed E-state index contributed by atoms with van der Waals surface area (Å²) in [6, 6.07) is 0. The van der Waals surface area contributed by atoms with E-state index in [2.05, 4.69) is 31.0 Å². The molecule has 0 radical (unpaired) electrons. The zero-order valence-corrected chi connectivity index (χ0v) is 13.8. The van der Waals surface area contributed by atoms with Gasteiger partial charge < -0.3 is 5.32 Å². The molecule has 1 saturated heterocycles. The lowest BCUT2D eigenvalue weighted by Crippen LogP contribution is -2.57. The Hall–Kier alpha value is -0.410. The summed E-state index contributed by atoms with van der Waals surface area (Å²) in [6.45, 7) is 10.5.